The van der Waals surface area contributed by atoms with Gasteiger partial charge in [0.05, 0.1) is 13.5 Å². The van der Waals surface area contributed by atoms with Crippen molar-refractivity contribution >= 4 is 11.7 Å². The van der Waals surface area contributed by atoms with E-state index in [2.05, 4.69) is 4.74 Å². The number of carbonyl (C=O) groups excluding carboxylic acids is 1. The fraction of sp³-hybridized carbons (Fsp3) is 0.300. The van der Waals surface area contributed by atoms with Crippen molar-refractivity contribution in [3.63, 3.8) is 0 Å². The fourth-order valence-electron chi connectivity index (χ4n) is 0.989. The van der Waals surface area contributed by atoms with E-state index < -0.39 is 0 Å². The largest absolute Gasteiger partial charge is 0.469 e. The van der Waals surface area contributed by atoms with Crippen molar-refractivity contribution in [3.05, 3.63) is 30.6 Å². The van der Waals surface area contributed by atoms with E-state index in [1.807, 2.05) is 42.1 Å². The summed E-state index contributed by atoms with van der Waals surface area (Å²) in [5.41, 5.74) is 1.02. The molecular weight excluding hydrogens is 166 g/mol. The summed E-state index contributed by atoms with van der Waals surface area (Å²) in [6.07, 6.45) is 6.03. The number of rotatable bonds is 3. The van der Waals surface area contributed by atoms with Gasteiger partial charge in [0.2, 0.25) is 0 Å². The van der Waals surface area contributed by atoms with Gasteiger partial charge in [0.25, 0.3) is 0 Å². The normalized spacial score (nSPS) is 11.4. The van der Waals surface area contributed by atoms with Gasteiger partial charge in [0.1, 0.15) is 0 Å². The van der Waals surface area contributed by atoms with E-state index in [0.29, 0.717) is 6.42 Å². The fourth-order valence-corrected chi connectivity index (χ4v) is 0.989. The Morgan fingerprint density at radius 2 is 2.08 bits per heavy atom. The maximum atomic E-state index is 10.8. The summed E-state index contributed by atoms with van der Waals surface area (Å²) in [5.74, 6) is -0.216. The molecule has 0 aliphatic carbocycles. The van der Waals surface area contributed by atoms with Crippen molar-refractivity contribution < 1.29 is 9.53 Å². The number of hydrogen-bond donors (Lipinski definition) is 0. The van der Waals surface area contributed by atoms with Gasteiger partial charge in [-0.1, -0.05) is 6.08 Å². The van der Waals surface area contributed by atoms with Crippen LogP contribution in [0.25, 0.3) is 5.70 Å². The molecule has 1 aromatic rings. The lowest BCUT2D eigenvalue weighted by molar-refractivity contribution is -0.139. The van der Waals surface area contributed by atoms with Crippen LogP contribution in [0.1, 0.15) is 13.3 Å². The number of allylic oxidation sites excluding steroid dienone is 1. The molecule has 1 aromatic heterocycles. The average molecular weight is 179 g/mol. The van der Waals surface area contributed by atoms with Crippen LogP contribution in [0.5, 0.6) is 0 Å². The van der Waals surface area contributed by atoms with E-state index >= 15 is 0 Å². The maximum absolute atomic E-state index is 10.8. The summed E-state index contributed by atoms with van der Waals surface area (Å²) < 4.78 is 6.47. The number of esters is 1. The highest BCUT2D eigenvalue weighted by Gasteiger charge is 1.97. The molecule has 0 saturated heterocycles. The van der Waals surface area contributed by atoms with Crippen molar-refractivity contribution in [1.29, 1.82) is 0 Å². The minimum absolute atomic E-state index is 0.216. The minimum Gasteiger partial charge on any atom is -0.469 e. The monoisotopic (exact) mass is 179 g/mol. The van der Waals surface area contributed by atoms with Gasteiger partial charge in [0.15, 0.2) is 0 Å². The molecule has 1 rings (SSSR count). The van der Waals surface area contributed by atoms with Gasteiger partial charge in [-0.15, -0.1) is 0 Å². The molecule has 0 saturated carbocycles. The predicted molar refractivity (Wildman–Crippen MR) is 51.0 cm³/mol. The third-order valence-electron chi connectivity index (χ3n) is 1.80. The summed E-state index contributed by atoms with van der Waals surface area (Å²) in [6.45, 7) is 1.95. The first-order chi connectivity index (χ1) is 6.24. The zero-order valence-electron chi connectivity index (χ0n) is 7.86. The molecule has 0 aliphatic rings. The van der Waals surface area contributed by atoms with E-state index in [-0.39, 0.29) is 5.97 Å². The highest BCUT2D eigenvalue weighted by atomic mass is 16.5. The molecule has 0 aliphatic heterocycles. The first kappa shape index (κ1) is 9.58. The lowest BCUT2D eigenvalue weighted by Crippen LogP contribution is -1.98. The average Bonchev–Trinajstić information content (AvgIpc) is 2.66. The zero-order valence-corrected chi connectivity index (χ0v) is 7.86. The molecule has 3 nitrogen and oxygen atoms in total. The minimum atomic E-state index is -0.216. The van der Waals surface area contributed by atoms with E-state index in [9.17, 15) is 4.79 Å². The molecule has 0 atom stereocenters. The lowest BCUT2D eigenvalue weighted by atomic mass is 10.3. The van der Waals surface area contributed by atoms with E-state index in [1.54, 1.807) is 0 Å². The molecule has 0 fully saturated rings. The molecule has 0 unspecified atom stereocenters. The second-order valence-corrected chi connectivity index (χ2v) is 2.72. The van der Waals surface area contributed by atoms with Gasteiger partial charge in [-0.05, 0) is 19.1 Å². The summed E-state index contributed by atoms with van der Waals surface area (Å²) in [7, 11) is 1.39. The van der Waals surface area contributed by atoms with Crippen molar-refractivity contribution in [2.24, 2.45) is 0 Å². The molecule has 3 heteroatoms. The second kappa shape index (κ2) is 4.50. The number of nitrogens with zero attached hydrogens (tertiary/aromatic N) is 1. The molecule has 0 aromatic carbocycles. The molecule has 13 heavy (non-hydrogen) atoms. The molecule has 0 spiro atoms. The van der Waals surface area contributed by atoms with Crippen molar-refractivity contribution in [3.8, 4) is 0 Å². The van der Waals surface area contributed by atoms with Crippen LogP contribution in [-0.2, 0) is 9.53 Å². The highest BCUT2D eigenvalue weighted by Crippen LogP contribution is 2.04. The Morgan fingerprint density at radius 3 is 2.62 bits per heavy atom. The van der Waals surface area contributed by atoms with E-state index in [0.717, 1.165) is 5.70 Å². The Bertz CT molecular complexity index is 299. The number of hydrogen-bond acceptors (Lipinski definition) is 2. The smallest absolute Gasteiger partial charge is 0.309 e. The topological polar surface area (TPSA) is 31.2 Å². The predicted octanol–water partition coefficient (Wildman–Crippen LogP) is 1.91. The van der Waals surface area contributed by atoms with Crippen LogP contribution < -0.4 is 0 Å². The number of ether oxygens (including phenoxy) is 1. The van der Waals surface area contributed by atoms with Crippen LogP contribution in [0.3, 0.4) is 0 Å². The van der Waals surface area contributed by atoms with E-state index in [1.165, 1.54) is 7.11 Å². The van der Waals surface area contributed by atoms with Gasteiger partial charge in [0, 0.05) is 18.1 Å². The van der Waals surface area contributed by atoms with Crippen LogP contribution in [0, 0.1) is 0 Å². The first-order valence-corrected chi connectivity index (χ1v) is 4.11. The molecule has 1 heterocycles. The van der Waals surface area contributed by atoms with E-state index in [4.69, 9.17) is 0 Å². The Balaban J connectivity index is 2.57. The third-order valence-corrected chi connectivity index (χ3v) is 1.80. The summed E-state index contributed by atoms with van der Waals surface area (Å²) in [6, 6.07) is 3.88. The Morgan fingerprint density at radius 1 is 1.46 bits per heavy atom. The van der Waals surface area contributed by atoms with Crippen LogP contribution >= 0.6 is 0 Å². The number of aromatic nitrogens is 1. The first-order valence-electron chi connectivity index (χ1n) is 4.11. The molecule has 0 amide bonds. The summed E-state index contributed by atoms with van der Waals surface area (Å²) >= 11 is 0. The van der Waals surface area contributed by atoms with Crippen molar-refractivity contribution in [1.82, 2.24) is 4.57 Å². The Kier molecular flexibility index (Phi) is 3.31. The number of carbonyl (C=O) groups is 1. The number of methoxy groups -OCH3 is 1. The second-order valence-electron chi connectivity index (χ2n) is 2.72. The van der Waals surface area contributed by atoms with Crippen LogP contribution in [0.2, 0.25) is 0 Å². The Labute approximate surface area is 77.6 Å². The van der Waals surface area contributed by atoms with Gasteiger partial charge in [-0.3, -0.25) is 4.79 Å². The molecular formula is C10H13NO2. The van der Waals surface area contributed by atoms with Gasteiger partial charge in [-0.2, -0.15) is 0 Å². The Hall–Kier alpha value is -1.51. The molecule has 0 bridgehead atoms. The third kappa shape index (κ3) is 2.78. The molecule has 70 valence electrons. The summed E-state index contributed by atoms with van der Waals surface area (Å²) in [5, 5.41) is 0. The zero-order chi connectivity index (χ0) is 9.68. The van der Waals surface area contributed by atoms with Gasteiger partial charge < -0.3 is 9.30 Å². The molecule has 0 N–H and O–H groups in total. The molecule has 0 radical (unpaired) electrons. The van der Waals surface area contributed by atoms with Crippen molar-refractivity contribution in [2.45, 2.75) is 13.3 Å². The maximum Gasteiger partial charge on any atom is 0.309 e. The van der Waals surface area contributed by atoms with Crippen LogP contribution in [-0.4, -0.2) is 17.6 Å². The lowest BCUT2D eigenvalue weighted by Gasteiger charge is -2.01. The standard InChI is InChI=1S/C10H13NO2/c1-9(5-6-10(12)13-2)11-7-3-4-8-11/h3-5,7-8H,6H2,1-2H3/b9-5-. The quantitative estimate of drug-likeness (QED) is 0.664. The van der Waals surface area contributed by atoms with Crippen LogP contribution in [0.4, 0.5) is 0 Å². The summed E-state index contributed by atoms with van der Waals surface area (Å²) in [4.78, 5) is 10.8. The van der Waals surface area contributed by atoms with Crippen molar-refractivity contribution in [2.75, 3.05) is 7.11 Å². The van der Waals surface area contributed by atoms with Gasteiger partial charge >= 0.3 is 5.97 Å². The highest BCUT2D eigenvalue weighted by molar-refractivity contribution is 5.72. The van der Waals surface area contributed by atoms with Crippen LogP contribution in [0.15, 0.2) is 30.6 Å². The SMILES string of the molecule is COC(=O)C/C=C(/C)n1cccc1. The van der Waals surface area contributed by atoms with Gasteiger partial charge in [-0.25, -0.2) is 0 Å².